The van der Waals surface area contributed by atoms with E-state index < -0.39 is 18.1 Å². The van der Waals surface area contributed by atoms with Gasteiger partial charge in [0.15, 0.2) is 17.6 Å². The van der Waals surface area contributed by atoms with Crippen molar-refractivity contribution in [3.8, 4) is 17.2 Å². The van der Waals surface area contributed by atoms with Gasteiger partial charge in [0.05, 0.1) is 37.7 Å². The van der Waals surface area contributed by atoms with E-state index in [-0.39, 0.29) is 11.8 Å². The van der Waals surface area contributed by atoms with Crippen LogP contribution in [0.25, 0.3) is 0 Å². The second kappa shape index (κ2) is 11.8. The molecule has 2 heterocycles. The molecule has 0 aliphatic carbocycles. The van der Waals surface area contributed by atoms with Crippen LogP contribution >= 0.6 is 0 Å². The summed E-state index contributed by atoms with van der Waals surface area (Å²) in [5.74, 6) is 0.450. The Balaban J connectivity index is 1.48. The SMILES string of the molecule is CCCCOc1ccc(N2C(=O)[C@@H]3[C@H](ON(c4ccccc4)[C@H]3c3ccc(OCCC)c(OC)c3)C2=O)cc1. The van der Waals surface area contributed by atoms with Gasteiger partial charge in [0, 0.05) is 0 Å². The molecule has 2 saturated heterocycles. The first-order valence-electron chi connectivity index (χ1n) is 13.5. The van der Waals surface area contributed by atoms with Crippen molar-refractivity contribution in [2.75, 3.05) is 30.3 Å². The van der Waals surface area contributed by atoms with Gasteiger partial charge in [-0.2, -0.15) is 0 Å². The number of hydroxylamine groups is 1. The van der Waals surface area contributed by atoms with Crippen LogP contribution in [0.5, 0.6) is 17.2 Å². The summed E-state index contributed by atoms with van der Waals surface area (Å²) in [5, 5.41) is 1.68. The molecule has 3 aromatic carbocycles. The predicted octanol–water partition coefficient (Wildman–Crippen LogP) is 5.71. The van der Waals surface area contributed by atoms with Gasteiger partial charge in [0.25, 0.3) is 5.91 Å². The number of unbranched alkanes of at least 4 members (excludes halogenated alkanes) is 1. The molecule has 2 aliphatic heterocycles. The summed E-state index contributed by atoms with van der Waals surface area (Å²) < 4.78 is 17.2. The number of carbonyl (C=O) groups excluding carboxylic acids is 2. The lowest BCUT2D eigenvalue weighted by Crippen LogP contribution is -2.37. The van der Waals surface area contributed by atoms with Gasteiger partial charge in [-0.15, -0.1) is 0 Å². The van der Waals surface area contributed by atoms with Crippen LogP contribution in [0.4, 0.5) is 11.4 Å². The first-order valence-corrected chi connectivity index (χ1v) is 13.5. The van der Waals surface area contributed by atoms with E-state index in [2.05, 4.69) is 6.92 Å². The maximum absolute atomic E-state index is 13.9. The molecule has 2 fully saturated rings. The van der Waals surface area contributed by atoms with Crippen molar-refractivity contribution < 1.29 is 28.6 Å². The van der Waals surface area contributed by atoms with Gasteiger partial charge in [-0.25, -0.2) is 9.96 Å². The van der Waals surface area contributed by atoms with Crippen LogP contribution in [-0.2, 0) is 14.4 Å². The summed E-state index contributed by atoms with van der Waals surface area (Å²) in [6.45, 7) is 5.33. The van der Waals surface area contributed by atoms with E-state index in [0.717, 1.165) is 30.5 Å². The van der Waals surface area contributed by atoms with Crippen molar-refractivity contribution in [2.45, 2.75) is 45.3 Å². The van der Waals surface area contributed by atoms with Crippen molar-refractivity contribution in [2.24, 2.45) is 5.92 Å². The lowest BCUT2D eigenvalue weighted by molar-refractivity contribution is -0.126. The van der Waals surface area contributed by atoms with E-state index in [1.54, 1.807) is 36.4 Å². The van der Waals surface area contributed by atoms with Gasteiger partial charge in [0.2, 0.25) is 5.91 Å². The number of rotatable bonds is 11. The van der Waals surface area contributed by atoms with Crippen molar-refractivity contribution in [1.82, 2.24) is 0 Å². The van der Waals surface area contributed by atoms with E-state index in [1.807, 2.05) is 55.5 Å². The van der Waals surface area contributed by atoms with E-state index >= 15 is 0 Å². The van der Waals surface area contributed by atoms with E-state index in [4.69, 9.17) is 19.0 Å². The minimum absolute atomic E-state index is 0.307. The van der Waals surface area contributed by atoms with E-state index in [1.165, 1.54) is 4.90 Å². The van der Waals surface area contributed by atoms with Gasteiger partial charge >= 0.3 is 0 Å². The standard InChI is InChI=1S/C31H34N2O6/c1-4-6-19-37-24-15-13-22(14-16-24)32-30(34)27-28(21-12-17-25(38-18-5-2)26(20-21)36-3)33(39-29(27)31(32)35)23-10-8-7-9-11-23/h7-17,20,27-29H,4-6,18-19H2,1-3H3/t27-,28-,29-/m0/s1. The summed E-state index contributed by atoms with van der Waals surface area (Å²) in [5.41, 5.74) is 2.04. The molecule has 0 saturated carbocycles. The van der Waals surface area contributed by atoms with Crippen LogP contribution in [0.15, 0.2) is 72.8 Å². The molecule has 0 radical (unpaired) electrons. The third kappa shape index (κ3) is 5.16. The number of para-hydroxylation sites is 1. The Kier molecular flexibility index (Phi) is 8.02. The van der Waals surface area contributed by atoms with Crippen LogP contribution < -0.4 is 24.2 Å². The first-order chi connectivity index (χ1) is 19.1. The van der Waals surface area contributed by atoms with Crippen LogP contribution in [0.1, 0.15) is 44.7 Å². The van der Waals surface area contributed by atoms with Crippen molar-refractivity contribution in [3.05, 3.63) is 78.4 Å². The minimum Gasteiger partial charge on any atom is -0.494 e. The summed E-state index contributed by atoms with van der Waals surface area (Å²) >= 11 is 0. The molecule has 0 unspecified atom stereocenters. The Bertz CT molecular complexity index is 1300. The number of fused-ring (bicyclic) bond motifs is 1. The summed E-state index contributed by atoms with van der Waals surface area (Å²) in [7, 11) is 1.59. The second-order valence-electron chi connectivity index (χ2n) is 9.62. The highest BCUT2D eigenvalue weighted by Gasteiger charge is 2.60. The zero-order chi connectivity index (χ0) is 27.4. The van der Waals surface area contributed by atoms with Gasteiger partial charge in [-0.3, -0.25) is 14.4 Å². The zero-order valence-corrected chi connectivity index (χ0v) is 22.5. The lowest BCUT2D eigenvalue weighted by atomic mass is 9.90. The molecule has 0 aromatic heterocycles. The quantitative estimate of drug-likeness (QED) is 0.232. The number of methoxy groups -OCH3 is 1. The Labute approximate surface area is 229 Å². The molecule has 2 amide bonds. The average molecular weight is 531 g/mol. The Morgan fingerprint density at radius 3 is 2.26 bits per heavy atom. The van der Waals surface area contributed by atoms with Gasteiger partial charge in [-0.05, 0) is 66.9 Å². The molecule has 3 aromatic rings. The summed E-state index contributed by atoms with van der Waals surface area (Å²) in [4.78, 5) is 35.0. The topological polar surface area (TPSA) is 77.5 Å². The third-order valence-electron chi connectivity index (χ3n) is 6.98. The summed E-state index contributed by atoms with van der Waals surface area (Å²) in [6.07, 6.45) is 1.91. The highest BCUT2D eigenvalue weighted by Crippen LogP contribution is 2.48. The van der Waals surface area contributed by atoms with Gasteiger partial charge in [-0.1, -0.05) is 44.5 Å². The monoisotopic (exact) mass is 530 g/mol. The molecule has 0 bridgehead atoms. The lowest BCUT2D eigenvalue weighted by Gasteiger charge is -2.29. The highest BCUT2D eigenvalue weighted by molar-refractivity contribution is 6.23. The number of hydrogen-bond acceptors (Lipinski definition) is 7. The van der Waals surface area contributed by atoms with Crippen LogP contribution in [-0.4, -0.2) is 38.2 Å². The fourth-order valence-electron chi connectivity index (χ4n) is 5.03. The molecule has 0 spiro atoms. The van der Waals surface area contributed by atoms with E-state index in [0.29, 0.717) is 36.1 Å². The zero-order valence-electron chi connectivity index (χ0n) is 22.5. The molecule has 8 nitrogen and oxygen atoms in total. The molecule has 39 heavy (non-hydrogen) atoms. The predicted molar refractivity (Wildman–Crippen MR) is 148 cm³/mol. The Morgan fingerprint density at radius 1 is 0.795 bits per heavy atom. The van der Waals surface area contributed by atoms with Crippen LogP contribution in [0, 0.1) is 5.92 Å². The number of anilines is 2. The number of ether oxygens (including phenoxy) is 3. The molecular formula is C31H34N2O6. The number of hydrogen-bond donors (Lipinski definition) is 0. The van der Waals surface area contributed by atoms with Gasteiger partial charge in [0.1, 0.15) is 11.7 Å². The average Bonchev–Trinajstić information content (AvgIpc) is 3.48. The van der Waals surface area contributed by atoms with E-state index in [9.17, 15) is 9.59 Å². The molecule has 2 aliphatic rings. The molecule has 8 heteroatoms. The second-order valence-corrected chi connectivity index (χ2v) is 9.62. The molecular weight excluding hydrogens is 496 g/mol. The normalized spacial score (nSPS) is 20.3. The largest absolute Gasteiger partial charge is 0.494 e. The number of imide groups is 1. The Hall–Kier alpha value is -4.04. The maximum atomic E-state index is 13.9. The number of amides is 2. The number of benzene rings is 3. The van der Waals surface area contributed by atoms with Crippen LogP contribution in [0.2, 0.25) is 0 Å². The number of carbonyl (C=O) groups is 2. The fraction of sp³-hybridized carbons (Fsp3) is 0.355. The maximum Gasteiger partial charge on any atom is 0.266 e. The molecule has 5 rings (SSSR count). The fourth-order valence-corrected chi connectivity index (χ4v) is 5.03. The van der Waals surface area contributed by atoms with Crippen molar-refractivity contribution in [1.29, 1.82) is 0 Å². The molecule has 204 valence electrons. The van der Waals surface area contributed by atoms with Crippen molar-refractivity contribution >= 4 is 23.2 Å². The van der Waals surface area contributed by atoms with Crippen LogP contribution in [0.3, 0.4) is 0 Å². The third-order valence-corrected chi connectivity index (χ3v) is 6.98. The highest BCUT2D eigenvalue weighted by atomic mass is 16.7. The smallest absolute Gasteiger partial charge is 0.266 e. The number of nitrogens with zero attached hydrogens (tertiary/aromatic N) is 2. The minimum atomic E-state index is -0.954. The van der Waals surface area contributed by atoms with Crippen molar-refractivity contribution in [3.63, 3.8) is 0 Å². The molecule has 0 N–H and O–H groups in total. The van der Waals surface area contributed by atoms with Gasteiger partial charge < -0.3 is 14.2 Å². The molecule has 3 atom stereocenters. The summed E-state index contributed by atoms with van der Waals surface area (Å²) in [6, 6.07) is 21.6. The first kappa shape index (κ1) is 26.6. The Morgan fingerprint density at radius 2 is 1.56 bits per heavy atom.